The van der Waals surface area contributed by atoms with Crippen LogP contribution in [-0.4, -0.2) is 47.0 Å². The van der Waals surface area contributed by atoms with Gasteiger partial charge in [-0.15, -0.1) is 6.42 Å². The average Bonchev–Trinajstić information content (AvgIpc) is 2.73. The van der Waals surface area contributed by atoms with Crippen LogP contribution in [0.5, 0.6) is 0 Å². The lowest BCUT2D eigenvalue weighted by Crippen LogP contribution is -2.41. The molecule has 1 aliphatic rings. The molecule has 168 valence electrons. The fraction of sp³-hybridized carbons (Fsp3) is 0.462. The molecular weight excluding hydrogens is 386 g/mol. The van der Waals surface area contributed by atoms with Crippen molar-refractivity contribution in [1.82, 2.24) is 9.80 Å². The van der Waals surface area contributed by atoms with Crippen LogP contribution < -0.4 is 0 Å². The quantitative estimate of drug-likeness (QED) is 0.196. The number of allylic oxidation sites excluding steroid dienone is 6. The van der Waals surface area contributed by atoms with E-state index >= 15 is 0 Å². The summed E-state index contributed by atoms with van der Waals surface area (Å²) < 4.78 is 0. The smallest absolute Gasteiger partial charge is 0.411 e. The Hall–Kier alpha value is -3.00. The summed E-state index contributed by atoms with van der Waals surface area (Å²) in [6, 6.07) is 0. The van der Waals surface area contributed by atoms with Crippen LogP contribution in [0.3, 0.4) is 0 Å². The van der Waals surface area contributed by atoms with E-state index in [0.29, 0.717) is 23.7 Å². The highest BCUT2D eigenvalue weighted by Gasteiger charge is 2.34. The summed E-state index contributed by atoms with van der Waals surface area (Å²) in [7, 11) is 0. The lowest BCUT2D eigenvalue weighted by Gasteiger charge is -2.42. The molecule has 1 saturated carbocycles. The van der Waals surface area contributed by atoms with E-state index in [4.69, 9.17) is 6.42 Å². The molecule has 5 heteroatoms. The third-order valence-electron chi connectivity index (χ3n) is 5.61. The first-order chi connectivity index (χ1) is 14.8. The van der Waals surface area contributed by atoms with Gasteiger partial charge in [0.1, 0.15) is 0 Å². The Morgan fingerprint density at radius 2 is 2.19 bits per heavy atom. The molecule has 0 heterocycles. The van der Waals surface area contributed by atoms with Gasteiger partial charge in [0.25, 0.3) is 0 Å². The van der Waals surface area contributed by atoms with Crippen molar-refractivity contribution in [3.8, 4) is 12.3 Å². The third kappa shape index (κ3) is 9.13. The first-order valence-corrected chi connectivity index (χ1v) is 10.8. The van der Waals surface area contributed by atoms with E-state index < -0.39 is 6.09 Å². The third-order valence-corrected chi connectivity index (χ3v) is 5.61. The molecule has 5 nitrogen and oxygen atoms in total. The number of amides is 1. The Morgan fingerprint density at radius 3 is 2.77 bits per heavy atom. The minimum absolute atomic E-state index is 0.111. The molecule has 1 N–H and O–H groups in total. The van der Waals surface area contributed by atoms with Crippen molar-refractivity contribution < 1.29 is 9.90 Å². The zero-order valence-electron chi connectivity index (χ0n) is 19.3. The highest BCUT2D eigenvalue weighted by molar-refractivity contribution is 5.68. The van der Waals surface area contributed by atoms with Crippen LogP contribution in [0.1, 0.15) is 46.5 Å². The summed E-state index contributed by atoms with van der Waals surface area (Å²) in [5, 5.41) is 9.60. The molecular formula is C26H37N3O2. The van der Waals surface area contributed by atoms with Crippen LogP contribution in [-0.2, 0) is 0 Å². The molecule has 31 heavy (non-hydrogen) atoms. The molecule has 2 unspecified atom stereocenters. The fourth-order valence-electron chi connectivity index (χ4n) is 4.11. The van der Waals surface area contributed by atoms with Crippen molar-refractivity contribution >= 4 is 12.4 Å². The normalized spacial score (nSPS) is 22.0. The van der Waals surface area contributed by atoms with Gasteiger partial charge < -0.3 is 10.0 Å². The maximum atomic E-state index is 11.7. The van der Waals surface area contributed by atoms with Gasteiger partial charge in [-0.25, -0.2) is 9.79 Å². The molecule has 1 aliphatic carbocycles. The van der Waals surface area contributed by atoms with Gasteiger partial charge >= 0.3 is 6.09 Å². The fourth-order valence-corrected chi connectivity index (χ4v) is 4.11. The topological polar surface area (TPSA) is 56.1 Å². The van der Waals surface area contributed by atoms with Gasteiger partial charge in [0.15, 0.2) is 0 Å². The number of rotatable bonds is 11. The monoisotopic (exact) mass is 423 g/mol. The van der Waals surface area contributed by atoms with E-state index in [2.05, 4.69) is 42.8 Å². The van der Waals surface area contributed by atoms with Crippen molar-refractivity contribution in [3.63, 3.8) is 0 Å². The molecule has 0 bridgehead atoms. The number of hydrogen-bond donors (Lipinski definition) is 1. The van der Waals surface area contributed by atoms with Gasteiger partial charge in [0.2, 0.25) is 0 Å². The number of carboxylic acid groups (broad SMARTS) is 1. The molecule has 0 spiro atoms. The predicted molar refractivity (Wildman–Crippen MR) is 131 cm³/mol. The van der Waals surface area contributed by atoms with Crippen molar-refractivity contribution in [2.75, 3.05) is 19.6 Å². The Labute approximate surface area is 188 Å². The summed E-state index contributed by atoms with van der Waals surface area (Å²) in [5.74, 6) is 2.86. The molecule has 0 aliphatic heterocycles. The van der Waals surface area contributed by atoms with Crippen LogP contribution in [0, 0.1) is 23.7 Å². The number of aliphatic imine (C=N–C) groups is 1. The first-order valence-electron chi connectivity index (χ1n) is 10.8. The van der Waals surface area contributed by atoms with Crippen LogP contribution in [0.2, 0.25) is 0 Å². The van der Waals surface area contributed by atoms with Crippen molar-refractivity contribution in [1.29, 1.82) is 0 Å². The molecule has 0 aromatic rings. The summed E-state index contributed by atoms with van der Waals surface area (Å²) in [4.78, 5) is 19.7. The Morgan fingerprint density at radius 1 is 1.45 bits per heavy atom. The van der Waals surface area contributed by atoms with Gasteiger partial charge in [-0.3, -0.25) is 4.90 Å². The Bertz CT molecular complexity index is 785. The van der Waals surface area contributed by atoms with E-state index in [0.717, 1.165) is 38.8 Å². The van der Waals surface area contributed by atoms with Crippen molar-refractivity contribution in [2.24, 2.45) is 16.3 Å². The second-order valence-electron chi connectivity index (χ2n) is 8.30. The molecule has 1 rings (SSSR count). The van der Waals surface area contributed by atoms with E-state index in [-0.39, 0.29) is 5.41 Å². The van der Waals surface area contributed by atoms with Gasteiger partial charge in [-0.2, -0.15) is 0 Å². The number of nitrogens with zero attached hydrogens (tertiary/aromatic N) is 3. The SMILES string of the molecule is C#C/C(C=C)=C/C=C/N=CN(CC)CC1(C)CCCC(CN(C(=C)/C=C\C)C(=O)O)C1. The molecule has 0 aromatic heterocycles. The number of carbonyl (C=O) groups is 1. The van der Waals surface area contributed by atoms with Crippen LogP contribution in [0.15, 0.2) is 66.0 Å². The van der Waals surface area contributed by atoms with E-state index in [9.17, 15) is 9.90 Å². The molecule has 0 saturated heterocycles. The zero-order valence-corrected chi connectivity index (χ0v) is 19.3. The summed E-state index contributed by atoms with van der Waals surface area (Å²) in [5.41, 5.74) is 1.35. The minimum atomic E-state index is -0.942. The van der Waals surface area contributed by atoms with Crippen LogP contribution >= 0.6 is 0 Å². The van der Waals surface area contributed by atoms with Crippen molar-refractivity contribution in [2.45, 2.75) is 46.5 Å². The minimum Gasteiger partial charge on any atom is -0.465 e. The second-order valence-corrected chi connectivity index (χ2v) is 8.30. The Kier molecular flexibility index (Phi) is 11.2. The van der Waals surface area contributed by atoms with E-state index in [1.165, 1.54) is 4.90 Å². The van der Waals surface area contributed by atoms with Crippen molar-refractivity contribution in [3.05, 3.63) is 61.0 Å². The van der Waals surface area contributed by atoms with Gasteiger partial charge in [0.05, 0.1) is 6.34 Å². The average molecular weight is 424 g/mol. The van der Waals surface area contributed by atoms with Crippen LogP contribution in [0.4, 0.5) is 4.79 Å². The molecule has 0 aromatic carbocycles. The first kappa shape index (κ1) is 26.0. The highest BCUT2D eigenvalue weighted by Crippen LogP contribution is 2.40. The molecule has 0 radical (unpaired) electrons. The molecule has 2 atom stereocenters. The lowest BCUT2D eigenvalue weighted by molar-refractivity contribution is 0.102. The highest BCUT2D eigenvalue weighted by atomic mass is 16.4. The second kappa shape index (κ2) is 13.3. The van der Waals surface area contributed by atoms with Gasteiger partial charge in [-0.05, 0) is 62.7 Å². The summed E-state index contributed by atoms with van der Waals surface area (Å²) in [6.45, 7) is 16.1. The number of terminal acetylenes is 1. The lowest BCUT2D eigenvalue weighted by atomic mass is 9.70. The van der Waals surface area contributed by atoms with Gasteiger partial charge in [-0.1, -0.05) is 44.6 Å². The molecule has 1 fully saturated rings. The predicted octanol–water partition coefficient (Wildman–Crippen LogP) is 5.86. The zero-order chi connectivity index (χ0) is 23.3. The maximum Gasteiger partial charge on any atom is 0.411 e. The maximum absolute atomic E-state index is 11.7. The number of hydrogen-bond acceptors (Lipinski definition) is 2. The van der Waals surface area contributed by atoms with Crippen LogP contribution in [0.25, 0.3) is 0 Å². The van der Waals surface area contributed by atoms with Gasteiger partial charge in [0, 0.05) is 37.1 Å². The largest absolute Gasteiger partial charge is 0.465 e. The standard InChI is InChI=1S/C26H37N3O2/c1-7-13-22(5)29(25(30)31)19-24-14-11-16-26(6,18-24)20-28(10-4)21-27-17-12-15-23(8-2)9-3/h2,7,9,12-13,15,17,21,24H,3,5,10-11,14,16,18-20H2,1,4,6H3,(H,30,31)/b13-7-,17-12+,23-15-,27-21?. The summed E-state index contributed by atoms with van der Waals surface area (Å²) in [6.07, 6.45) is 21.0. The molecule has 1 amide bonds. The van der Waals surface area contributed by atoms with E-state index in [1.807, 2.05) is 19.3 Å². The Balaban J connectivity index is 2.76. The summed E-state index contributed by atoms with van der Waals surface area (Å²) >= 11 is 0. The van der Waals surface area contributed by atoms with E-state index in [1.54, 1.807) is 30.5 Å².